The molecule has 1 atom stereocenters. The van der Waals surface area contributed by atoms with Gasteiger partial charge in [0.05, 0.1) is 35.1 Å². The number of hydrogen-bond acceptors (Lipinski definition) is 5. The van der Waals surface area contributed by atoms with Crippen molar-refractivity contribution in [1.82, 2.24) is 9.97 Å². The van der Waals surface area contributed by atoms with Gasteiger partial charge in [-0.15, -0.1) is 0 Å². The lowest BCUT2D eigenvalue weighted by atomic mass is 10.1. The molecule has 2 aromatic rings. The van der Waals surface area contributed by atoms with E-state index in [2.05, 4.69) is 20.0 Å². The van der Waals surface area contributed by atoms with Gasteiger partial charge in [-0.25, -0.2) is 8.42 Å². The maximum absolute atomic E-state index is 11.4. The van der Waals surface area contributed by atoms with Gasteiger partial charge in [0.25, 0.3) is 0 Å². The van der Waals surface area contributed by atoms with E-state index in [1.54, 1.807) is 24.5 Å². The number of nitrogens with zero attached hydrogens (tertiary/aromatic N) is 2. The highest BCUT2D eigenvalue weighted by atomic mass is 32.2. The van der Waals surface area contributed by atoms with Crippen LogP contribution in [0.2, 0.25) is 0 Å². The Morgan fingerprint density at radius 1 is 1.10 bits per heavy atom. The van der Waals surface area contributed by atoms with Crippen LogP contribution in [0.15, 0.2) is 36.7 Å². The van der Waals surface area contributed by atoms with Gasteiger partial charge in [-0.3, -0.25) is 14.7 Å². The molecular weight excluding hydrogens is 288 g/mol. The summed E-state index contributed by atoms with van der Waals surface area (Å²) in [4.78, 5) is 8.52. The van der Waals surface area contributed by atoms with E-state index in [1.807, 2.05) is 26.0 Å². The van der Waals surface area contributed by atoms with E-state index in [1.165, 1.54) is 0 Å². The Hall–Kier alpha value is -2.15. The van der Waals surface area contributed by atoms with Gasteiger partial charge in [0, 0.05) is 12.4 Å². The number of aryl methyl sites for hydroxylation is 1. The predicted octanol–water partition coefficient (Wildman–Crippen LogP) is 2.33. The normalized spacial score (nSPS) is 12.7. The van der Waals surface area contributed by atoms with Crippen LogP contribution in [0.1, 0.15) is 24.4 Å². The van der Waals surface area contributed by atoms with Crippen molar-refractivity contribution >= 4 is 21.4 Å². The SMILES string of the molecule is Cc1nccnc1C(C)Nc1ccccc1NS(C)(=O)=O. The Morgan fingerprint density at radius 3 is 2.33 bits per heavy atom. The Bertz CT molecular complexity index is 731. The fraction of sp³-hybridized carbons (Fsp3) is 0.286. The summed E-state index contributed by atoms with van der Waals surface area (Å²) < 4.78 is 25.3. The monoisotopic (exact) mass is 306 g/mol. The van der Waals surface area contributed by atoms with Crippen LogP contribution in [0.5, 0.6) is 0 Å². The zero-order valence-electron chi connectivity index (χ0n) is 12.2. The smallest absolute Gasteiger partial charge is 0.229 e. The van der Waals surface area contributed by atoms with E-state index < -0.39 is 10.0 Å². The van der Waals surface area contributed by atoms with Crippen LogP contribution in [0.4, 0.5) is 11.4 Å². The molecule has 0 aliphatic heterocycles. The van der Waals surface area contributed by atoms with Gasteiger partial charge in [-0.1, -0.05) is 12.1 Å². The molecule has 0 saturated heterocycles. The molecule has 0 amide bonds. The third kappa shape index (κ3) is 4.16. The van der Waals surface area contributed by atoms with Crippen LogP contribution in [0.3, 0.4) is 0 Å². The summed E-state index contributed by atoms with van der Waals surface area (Å²) in [6.07, 6.45) is 4.41. The summed E-state index contributed by atoms with van der Waals surface area (Å²) >= 11 is 0. The second-order valence-corrected chi connectivity index (χ2v) is 6.56. The maximum atomic E-state index is 11.4. The summed E-state index contributed by atoms with van der Waals surface area (Å²) in [5, 5.41) is 3.26. The molecule has 0 spiro atoms. The zero-order chi connectivity index (χ0) is 15.5. The minimum absolute atomic E-state index is 0.0961. The van der Waals surface area contributed by atoms with Gasteiger partial charge in [-0.2, -0.15) is 0 Å². The summed E-state index contributed by atoms with van der Waals surface area (Å²) in [7, 11) is -3.33. The van der Waals surface area contributed by atoms with Gasteiger partial charge in [-0.05, 0) is 26.0 Å². The summed E-state index contributed by atoms with van der Waals surface area (Å²) in [5.41, 5.74) is 2.87. The quantitative estimate of drug-likeness (QED) is 0.885. The van der Waals surface area contributed by atoms with Crippen molar-refractivity contribution in [2.24, 2.45) is 0 Å². The Kier molecular flexibility index (Phi) is 4.42. The number of benzene rings is 1. The number of rotatable bonds is 5. The first-order valence-electron chi connectivity index (χ1n) is 6.47. The molecule has 2 rings (SSSR count). The third-order valence-electron chi connectivity index (χ3n) is 2.92. The van der Waals surface area contributed by atoms with Gasteiger partial charge in [0.1, 0.15) is 0 Å². The second-order valence-electron chi connectivity index (χ2n) is 4.81. The van der Waals surface area contributed by atoms with E-state index in [9.17, 15) is 8.42 Å². The molecule has 112 valence electrons. The molecule has 21 heavy (non-hydrogen) atoms. The first-order chi connectivity index (χ1) is 9.87. The molecule has 1 aromatic carbocycles. The predicted molar refractivity (Wildman–Crippen MR) is 83.7 cm³/mol. The lowest BCUT2D eigenvalue weighted by Crippen LogP contribution is -2.15. The molecule has 0 aliphatic carbocycles. The summed E-state index contributed by atoms with van der Waals surface area (Å²) in [6, 6.07) is 7.04. The van der Waals surface area contributed by atoms with Crippen molar-refractivity contribution in [2.45, 2.75) is 19.9 Å². The Morgan fingerprint density at radius 2 is 1.71 bits per heavy atom. The average Bonchev–Trinajstić information content (AvgIpc) is 2.40. The van der Waals surface area contributed by atoms with Gasteiger partial charge in [0.15, 0.2) is 0 Å². The molecule has 0 fully saturated rings. The van der Waals surface area contributed by atoms with Crippen LogP contribution < -0.4 is 10.0 Å². The molecular formula is C14H18N4O2S. The standard InChI is InChI=1S/C14H18N4O2S/c1-10-14(16-9-8-15-10)11(2)17-12-6-4-5-7-13(12)18-21(3,19)20/h4-9,11,17-18H,1-3H3. The molecule has 0 aliphatic rings. The third-order valence-corrected chi connectivity index (χ3v) is 3.51. The number of hydrogen-bond donors (Lipinski definition) is 2. The fourth-order valence-corrected chi connectivity index (χ4v) is 2.62. The van der Waals surface area contributed by atoms with Crippen molar-refractivity contribution in [1.29, 1.82) is 0 Å². The highest BCUT2D eigenvalue weighted by Crippen LogP contribution is 2.26. The number of nitrogens with one attached hydrogen (secondary N) is 2. The molecule has 2 N–H and O–H groups in total. The van der Waals surface area contributed by atoms with Gasteiger partial charge >= 0.3 is 0 Å². The van der Waals surface area contributed by atoms with E-state index in [-0.39, 0.29) is 6.04 Å². The number of aromatic nitrogens is 2. The van der Waals surface area contributed by atoms with Crippen LogP contribution in [-0.2, 0) is 10.0 Å². The minimum atomic E-state index is -3.33. The molecule has 1 heterocycles. The zero-order valence-corrected chi connectivity index (χ0v) is 13.0. The first-order valence-corrected chi connectivity index (χ1v) is 8.37. The first kappa shape index (κ1) is 15.2. The maximum Gasteiger partial charge on any atom is 0.229 e. The fourth-order valence-electron chi connectivity index (χ4n) is 2.04. The molecule has 0 bridgehead atoms. The summed E-state index contributed by atoms with van der Waals surface area (Å²) in [6.45, 7) is 3.84. The van der Waals surface area contributed by atoms with E-state index in [0.29, 0.717) is 11.4 Å². The van der Waals surface area contributed by atoms with Crippen molar-refractivity contribution in [2.75, 3.05) is 16.3 Å². The van der Waals surface area contributed by atoms with Crippen LogP contribution in [0, 0.1) is 6.92 Å². The summed E-state index contributed by atoms with van der Waals surface area (Å²) in [5.74, 6) is 0. The van der Waals surface area contributed by atoms with Crippen molar-refractivity contribution < 1.29 is 8.42 Å². The lowest BCUT2D eigenvalue weighted by Gasteiger charge is -2.18. The van der Waals surface area contributed by atoms with Crippen molar-refractivity contribution in [3.8, 4) is 0 Å². The van der Waals surface area contributed by atoms with Crippen LogP contribution >= 0.6 is 0 Å². The number of anilines is 2. The number of para-hydroxylation sites is 2. The van der Waals surface area contributed by atoms with E-state index in [0.717, 1.165) is 17.6 Å². The lowest BCUT2D eigenvalue weighted by molar-refractivity contribution is 0.607. The van der Waals surface area contributed by atoms with Crippen LogP contribution in [0.25, 0.3) is 0 Å². The number of sulfonamides is 1. The molecule has 0 saturated carbocycles. The molecule has 0 radical (unpaired) electrons. The molecule has 6 nitrogen and oxygen atoms in total. The van der Waals surface area contributed by atoms with Crippen molar-refractivity contribution in [3.63, 3.8) is 0 Å². The van der Waals surface area contributed by atoms with Crippen LogP contribution in [-0.4, -0.2) is 24.6 Å². The minimum Gasteiger partial charge on any atom is -0.375 e. The molecule has 1 aromatic heterocycles. The van der Waals surface area contributed by atoms with E-state index >= 15 is 0 Å². The average molecular weight is 306 g/mol. The molecule has 7 heteroatoms. The Balaban J connectivity index is 2.26. The largest absolute Gasteiger partial charge is 0.375 e. The molecule has 1 unspecified atom stereocenters. The highest BCUT2D eigenvalue weighted by molar-refractivity contribution is 7.92. The van der Waals surface area contributed by atoms with Crippen molar-refractivity contribution in [3.05, 3.63) is 48.0 Å². The highest BCUT2D eigenvalue weighted by Gasteiger charge is 2.13. The second kappa shape index (κ2) is 6.09. The van der Waals surface area contributed by atoms with E-state index in [4.69, 9.17) is 0 Å². The van der Waals surface area contributed by atoms with Gasteiger partial charge < -0.3 is 5.32 Å². The van der Waals surface area contributed by atoms with Gasteiger partial charge in [0.2, 0.25) is 10.0 Å². The Labute approximate surface area is 124 Å². The topological polar surface area (TPSA) is 84.0 Å².